The number of thioether (sulfide) groups is 1. The third kappa shape index (κ3) is 3.00. The monoisotopic (exact) mass is 312 g/mol. The zero-order valence-electron chi connectivity index (χ0n) is 12.7. The summed E-state index contributed by atoms with van der Waals surface area (Å²) in [7, 11) is 0. The number of nitrogens with zero attached hydrogens (tertiary/aromatic N) is 2. The Bertz CT molecular complexity index is 440. The lowest BCUT2D eigenvalue weighted by Gasteiger charge is -2.40. The summed E-state index contributed by atoms with van der Waals surface area (Å²) >= 11 is 1.65. The Labute approximate surface area is 130 Å². The molecule has 0 aromatic rings. The number of carboxylic acid groups (broad SMARTS) is 1. The van der Waals surface area contributed by atoms with Crippen LogP contribution < -0.4 is 0 Å². The number of carbonyl (C=O) groups is 2. The highest BCUT2D eigenvalue weighted by Crippen LogP contribution is 2.46. The molecule has 2 saturated heterocycles. The van der Waals surface area contributed by atoms with Crippen molar-refractivity contribution in [3.05, 3.63) is 0 Å². The predicted octanol–water partition coefficient (Wildman–Crippen LogP) is 2.47. The van der Waals surface area contributed by atoms with Crippen molar-refractivity contribution in [2.75, 3.05) is 18.8 Å². The van der Waals surface area contributed by atoms with Crippen molar-refractivity contribution in [1.82, 2.24) is 9.80 Å². The molecule has 0 aromatic carbocycles. The van der Waals surface area contributed by atoms with Gasteiger partial charge in [0.25, 0.3) is 0 Å². The average molecular weight is 312 g/mol. The summed E-state index contributed by atoms with van der Waals surface area (Å²) in [5, 5.41) is 9.49. The summed E-state index contributed by atoms with van der Waals surface area (Å²) in [6.07, 6.45) is 4.23. The maximum Gasteiger partial charge on any atom is 0.327 e. The molecule has 1 N–H and O–H groups in total. The normalized spacial score (nSPS) is 32.3. The molecule has 1 saturated carbocycles. The zero-order chi connectivity index (χ0) is 15.2. The van der Waals surface area contributed by atoms with Gasteiger partial charge in [-0.1, -0.05) is 13.8 Å². The minimum Gasteiger partial charge on any atom is -0.480 e. The number of amides is 2. The van der Waals surface area contributed by atoms with Crippen molar-refractivity contribution < 1.29 is 14.7 Å². The first kappa shape index (κ1) is 15.0. The molecule has 0 radical (unpaired) electrons. The van der Waals surface area contributed by atoms with E-state index in [1.165, 1.54) is 0 Å². The van der Waals surface area contributed by atoms with Crippen LogP contribution in [-0.4, -0.2) is 57.2 Å². The maximum absolute atomic E-state index is 12.8. The second-order valence-electron chi connectivity index (χ2n) is 7.26. The Kier molecular flexibility index (Phi) is 3.84. The first-order valence-corrected chi connectivity index (χ1v) is 8.85. The van der Waals surface area contributed by atoms with E-state index in [9.17, 15) is 14.7 Å². The van der Waals surface area contributed by atoms with Crippen molar-refractivity contribution in [2.45, 2.75) is 50.9 Å². The molecule has 1 aliphatic carbocycles. The molecule has 2 unspecified atom stereocenters. The highest BCUT2D eigenvalue weighted by molar-refractivity contribution is 8.00. The van der Waals surface area contributed by atoms with Gasteiger partial charge in [-0.15, -0.1) is 11.8 Å². The Hall–Kier alpha value is -0.910. The lowest BCUT2D eigenvalue weighted by Crippen LogP contribution is -2.54. The Morgan fingerprint density at radius 2 is 1.81 bits per heavy atom. The van der Waals surface area contributed by atoms with Crippen molar-refractivity contribution in [2.24, 2.45) is 11.3 Å². The van der Waals surface area contributed by atoms with E-state index < -0.39 is 12.0 Å². The molecule has 0 spiro atoms. The molecule has 21 heavy (non-hydrogen) atoms. The number of piperidine rings is 1. The first-order valence-electron chi connectivity index (χ1n) is 7.81. The standard InChI is InChI=1S/C15H24N2O3S/c1-15(2)5-7-16(8-6-15)14(20)17-11(13(18)19)9-21-12(17)10-3-4-10/h10-12H,3-9H2,1-2H3,(H,18,19). The molecule has 118 valence electrons. The fraction of sp³-hybridized carbons (Fsp3) is 0.867. The fourth-order valence-electron chi connectivity index (χ4n) is 3.17. The fourth-order valence-corrected chi connectivity index (χ4v) is 4.80. The van der Waals surface area contributed by atoms with E-state index in [1.54, 1.807) is 16.7 Å². The van der Waals surface area contributed by atoms with E-state index in [-0.39, 0.29) is 11.4 Å². The van der Waals surface area contributed by atoms with E-state index in [2.05, 4.69) is 13.8 Å². The van der Waals surface area contributed by atoms with Crippen LogP contribution in [0.2, 0.25) is 0 Å². The third-order valence-corrected chi connectivity index (χ3v) is 6.42. The van der Waals surface area contributed by atoms with Crippen LogP contribution >= 0.6 is 11.8 Å². The molecule has 3 aliphatic rings. The summed E-state index contributed by atoms with van der Waals surface area (Å²) in [4.78, 5) is 27.8. The SMILES string of the molecule is CC1(C)CCN(C(=O)N2C(C(=O)O)CSC2C2CC2)CC1. The Morgan fingerprint density at radius 1 is 1.19 bits per heavy atom. The van der Waals surface area contributed by atoms with Gasteiger partial charge in [-0.3, -0.25) is 4.90 Å². The molecule has 3 fully saturated rings. The van der Waals surface area contributed by atoms with E-state index in [0.29, 0.717) is 17.1 Å². The van der Waals surface area contributed by atoms with Gasteiger partial charge in [0.2, 0.25) is 0 Å². The zero-order valence-corrected chi connectivity index (χ0v) is 13.6. The number of hydrogen-bond donors (Lipinski definition) is 1. The van der Waals surface area contributed by atoms with Gasteiger partial charge in [0.15, 0.2) is 0 Å². The predicted molar refractivity (Wildman–Crippen MR) is 82.2 cm³/mol. The van der Waals surface area contributed by atoms with Gasteiger partial charge in [-0.2, -0.15) is 0 Å². The molecule has 3 rings (SSSR count). The van der Waals surface area contributed by atoms with Crippen LogP contribution in [0.25, 0.3) is 0 Å². The minimum absolute atomic E-state index is 0.0557. The lowest BCUT2D eigenvalue weighted by atomic mass is 9.83. The number of aliphatic carboxylic acids is 1. The minimum atomic E-state index is -0.865. The summed E-state index contributed by atoms with van der Waals surface area (Å²) in [5.41, 5.74) is 0.290. The lowest BCUT2D eigenvalue weighted by molar-refractivity contribution is -0.141. The average Bonchev–Trinajstić information content (AvgIpc) is 3.16. The molecular weight excluding hydrogens is 288 g/mol. The Balaban J connectivity index is 1.72. The first-order chi connectivity index (χ1) is 9.89. The molecule has 2 aliphatic heterocycles. The molecule has 2 amide bonds. The quantitative estimate of drug-likeness (QED) is 0.851. The molecule has 2 heterocycles. The second-order valence-corrected chi connectivity index (χ2v) is 8.41. The molecular formula is C15H24N2O3S. The Morgan fingerprint density at radius 3 is 2.33 bits per heavy atom. The van der Waals surface area contributed by atoms with Crippen LogP contribution in [-0.2, 0) is 4.79 Å². The van der Waals surface area contributed by atoms with Crippen LogP contribution in [0.15, 0.2) is 0 Å². The van der Waals surface area contributed by atoms with E-state index in [1.807, 2.05) is 4.90 Å². The molecule has 0 aromatic heterocycles. The summed E-state index contributed by atoms with van der Waals surface area (Å²) in [5.74, 6) is 0.169. The molecule has 0 bridgehead atoms. The van der Waals surface area contributed by atoms with Crippen molar-refractivity contribution in [3.8, 4) is 0 Å². The van der Waals surface area contributed by atoms with Crippen LogP contribution in [0.4, 0.5) is 4.79 Å². The molecule has 2 atom stereocenters. The van der Waals surface area contributed by atoms with Gasteiger partial charge in [-0.25, -0.2) is 9.59 Å². The largest absolute Gasteiger partial charge is 0.480 e. The van der Waals surface area contributed by atoms with Crippen LogP contribution in [0.5, 0.6) is 0 Å². The summed E-state index contributed by atoms with van der Waals surface area (Å²) in [6, 6.07) is -0.706. The number of likely N-dealkylation sites (tertiary alicyclic amines) is 1. The van der Waals surface area contributed by atoms with Crippen LogP contribution in [0.3, 0.4) is 0 Å². The summed E-state index contributed by atoms with van der Waals surface area (Å²) < 4.78 is 0. The van der Waals surface area contributed by atoms with E-state index in [0.717, 1.165) is 38.8 Å². The van der Waals surface area contributed by atoms with Crippen molar-refractivity contribution in [3.63, 3.8) is 0 Å². The van der Waals surface area contributed by atoms with E-state index in [4.69, 9.17) is 0 Å². The molecule has 6 heteroatoms. The van der Waals surface area contributed by atoms with Gasteiger partial charge in [-0.05, 0) is 37.0 Å². The van der Waals surface area contributed by atoms with Gasteiger partial charge >= 0.3 is 12.0 Å². The number of rotatable bonds is 2. The van der Waals surface area contributed by atoms with Crippen molar-refractivity contribution >= 4 is 23.8 Å². The van der Waals surface area contributed by atoms with E-state index >= 15 is 0 Å². The third-order valence-electron chi connectivity index (χ3n) is 4.95. The highest BCUT2D eigenvalue weighted by Gasteiger charge is 2.49. The van der Waals surface area contributed by atoms with Crippen LogP contribution in [0, 0.1) is 11.3 Å². The highest BCUT2D eigenvalue weighted by atomic mass is 32.2. The van der Waals surface area contributed by atoms with Crippen molar-refractivity contribution in [1.29, 1.82) is 0 Å². The van der Waals surface area contributed by atoms with Gasteiger partial charge in [0.1, 0.15) is 6.04 Å². The number of carbonyl (C=O) groups excluding carboxylic acids is 1. The number of urea groups is 1. The smallest absolute Gasteiger partial charge is 0.327 e. The van der Waals surface area contributed by atoms with Crippen LogP contribution in [0.1, 0.15) is 39.5 Å². The second kappa shape index (κ2) is 5.38. The van der Waals surface area contributed by atoms with Gasteiger partial charge < -0.3 is 10.0 Å². The maximum atomic E-state index is 12.8. The van der Waals surface area contributed by atoms with Gasteiger partial charge in [0.05, 0.1) is 5.37 Å². The number of hydrogen-bond acceptors (Lipinski definition) is 3. The molecule has 5 nitrogen and oxygen atoms in total. The topological polar surface area (TPSA) is 60.9 Å². The number of carboxylic acids is 1. The summed E-state index contributed by atoms with van der Waals surface area (Å²) in [6.45, 7) is 5.95. The van der Waals surface area contributed by atoms with Gasteiger partial charge in [0, 0.05) is 18.8 Å².